The molecule has 0 saturated heterocycles. The van der Waals surface area contributed by atoms with E-state index in [1.54, 1.807) is 10.9 Å². The number of aromatic nitrogens is 2. The van der Waals surface area contributed by atoms with E-state index in [2.05, 4.69) is 15.4 Å². The number of nitrogens with two attached hydrogens (primary N) is 1. The van der Waals surface area contributed by atoms with Crippen LogP contribution in [0.15, 0.2) is 35.5 Å². The number of ether oxygens (including phenoxy) is 2. The number of hydrogen-bond donors (Lipinski definition) is 2. The zero-order valence-electron chi connectivity index (χ0n) is 13.7. The minimum atomic E-state index is 0.306. The lowest BCUT2D eigenvalue weighted by Gasteiger charge is -2.14. The number of nitrogens with zero attached hydrogens (tertiary/aromatic N) is 3. The van der Waals surface area contributed by atoms with E-state index >= 15 is 0 Å². The predicted molar refractivity (Wildman–Crippen MR) is 90.9 cm³/mol. The fourth-order valence-electron chi connectivity index (χ4n) is 2.04. The number of guanidine groups is 1. The molecule has 124 valence electrons. The predicted octanol–water partition coefficient (Wildman–Crippen LogP) is 2.14. The van der Waals surface area contributed by atoms with Crippen molar-refractivity contribution >= 4 is 11.6 Å². The van der Waals surface area contributed by atoms with E-state index < -0.39 is 0 Å². The summed E-state index contributed by atoms with van der Waals surface area (Å²) in [5.74, 6) is 1.76. The molecule has 0 fully saturated rings. The SMILES string of the molecule is CCOc1ccc(OCC)c(NC(N)=NCc2ccnn2C)c1. The Balaban J connectivity index is 2.12. The van der Waals surface area contributed by atoms with Gasteiger partial charge in [0.25, 0.3) is 0 Å². The third-order valence-corrected chi connectivity index (χ3v) is 3.16. The van der Waals surface area contributed by atoms with Gasteiger partial charge in [0.1, 0.15) is 11.5 Å². The van der Waals surface area contributed by atoms with Gasteiger partial charge in [0.05, 0.1) is 31.1 Å². The lowest BCUT2D eigenvalue weighted by atomic mass is 10.2. The Morgan fingerprint density at radius 2 is 2.04 bits per heavy atom. The number of aryl methyl sites for hydroxylation is 1. The Hall–Kier alpha value is -2.70. The molecule has 0 spiro atoms. The maximum atomic E-state index is 5.97. The molecule has 1 aromatic carbocycles. The number of hydrogen-bond acceptors (Lipinski definition) is 4. The van der Waals surface area contributed by atoms with Crippen LogP contribution in [0.1, 0.15) is 19.5 Å². The van der Waals surface area contributed by atoms with Crippen molar-refractivity contribution in [3.8, 4) is 11.5 Å². The highest BCUT2D eigenvalue weighted by Crippen LogP contribution is 2.29. The number of anilines is 1. The monoisotopic (exact) mass is 317 g/mol. The summed E-state index contributed by atoms with van der Waals surface area (Å²) in [5.41, 5.74) is 7.68. The number of benzene rings is 1. The highest BCUT2D eigenvalue weighted by atomic mass is 16.5. The third kappa shape index (κ3) is 4.64. The van der Waals surface area contributed by atoms with E-state index in [1.165, 1.54) is 0 Å². The summed E-state index contributed by atoms with van der Waals surface area (Å²) in [5, 5.41) is 7.17. The normalized spacial score (nSPS) is 11.3. The summed E-state index contributed by atoms with van der Waals surface area (Å²) in [6.45, 7) is 5.48. The second kappa shape index (κ2) is 8.07. The van der Waals surface area contributed by atoms with Crippen LogP contribution in [-0.2, 0) is 13.6 Å². The van der Waals surface area contributed by atoms with E-state index in [9.17, 15) is 0 Å². The standard InChI is InChI=1S/C16H23N5O2/c1-4-22-13-6-7-15(23-5-2)14(10-13)20-16(17)18-11-12-8-9-19-21(12)3/h6-10H,4-5,11H2,1-3H3,(H3,17,18,20). The van der Waals surface area contributed by atoms with Crippen LogP contribution in [0.3, 0.4) is 0 Å². The molecular weight excluding hydrogens is 294 g/mol. The largest absolute Gasteiger partial charge is 0.494 e. The van der Waals surface area contributed by atoms with Crippen LogP contribution in [0, 0.1) is 0 Å². The Labute approximate surface area is 136 Å². The van der Waals surface area contributed by atoms with Gasteiger partial charge < -0.3 is 20.5 Å². The van der Waals surface area contributed by atoms with Crippen molar-refractivity contribution < 1.29 is 9.47 Å². The summed E-state index contributed by atoms with van der Waals surface area (Å²) in [6, 6.07) is 7.47. The Morgan fingerprint density at radius 3 is 2.70 bits per heavy atom. The molecule has 0 aliphatic rings. The molecule has 0 bridgehead atoms. The molecule has 2 aromatic rings. The maximum absolute atomic E-state index is 5.97. The van der Waals surface area contributed by atoms with Crippen molar-refractivity contribution in [3.05, 3.63) is 36.2 Å². The first-order chi connectivity index (χ1) is 11.1. The molecule has 7 heteroatoms. The van der Waals surface area contributed by atoms with Crippen LogP contribution < -0.4 is 20.5 Å². The van der Waals surface area contributed by atoms with Crippen molar-refractivity contribution in [1.29, 1.82) is 0 Å². The van der Waals surface area contributed by atoms with Crippen LogP contribution in [-0.4, -0.2) is 29.0 Å². The Kier molecular flexibility index (Phi) is 5.85. The first kappa shape index (κ1) is 16.7. The summed E-state index contributed by atoms with van der Waals surface area (Å²) < 4.78 is 12.9. The number of rotatable bonds is 7. The summed E-state index contributed by atoms with van der Waals surface area (Å²) >= 11 is 0. The first-order valence-corrected chi connectivity index (χ1v) is 7.57. The van der Waals surface area contributed by atoms with Crippen molar-refractivity contribution in [1.82, 2.24) is 9.78 Å². The summed E-state index contributed by atoms with van der Waals surface area (Å²) in [6.07, 6.45) is 1.73. The molecular formula is C16H23N5O2. The molecule has 1 aromatic heterocycles. The maximum Gasteiger partial charge on any atom is 0.193 e. The van der Waals surface area contributed by atoms with Gasteiger partial charge in [-0.2, -0.15) is 5.10 Å². The van der Waals surface area contributed by atoms with Gasteiger partial charge in [-0.15, -0.1) is 0 Å². The van der Waals surface area contributed by atoms with Gasteiger partial charge in [0.2, 0.25) is 0 Å². The zero-order chi connectivity index (χ0) is 16.7. The van der Waals surface area contributed by atoms with Gasteiger partial charge in [-0.1, -0.05) is 0 Å². The van der Waals surface area contributed by atoms with E-state index in [0.29, 0.717) is 31.5 Å². The quantitative estimate of drug-likeness (QED) is 0.603. The van der Waals surface area contributed by atoms with E-state index in [0.717, 1.165) is 17.1 Å². The van der Waals surface area contributed by atoms with Gasteiger partial charge in [-0.25, -0.2) is 4.99 Å². The minimum absolute atomic E-state index is 0.306. The molecule has 2 rings (SSSR count). The second-order valence-electron chi connectivity index (χ2n) is 4.80. The fraction of sp³-hybridized carbons (Fsp3) is 0.375. The topological polar surface area (TPSA) is 86.7 Å². The first-order valence-electron chi connectivity index (χ1n) is 7.57. The van der Waals surface area contributed by atoms with Crippen LogP contribution >= 0.6 is 0 Å². The van der Waals surface area contributed by atoms with Crippen LogP contribution in [0.25, 0.3) is 0 Å². The van der Waals surface area contributed by atoms with Crippen molar-refractivity contribution in [2.75, 3.05) is 18.5 Å². The highest BCUT2D eigenvalue weighted by molar-refractivity contribution is 5.93. The lowest BCUT2D eigenvalue weighted by molar-refractivity contribution is 0.332. The Morgan fingerprint density at radius 1 is 1.26 bits per heavy atom. The van der Waals surface area contributed by atoms with Crippen molar-refractivity contribution in [2.45, 2.75) is 20.4 Å². The average Bonchev–Trinajstić information content (AvgIpc) is 2.93. The molecule has 0 amide bonds. The molecule has 0 aliphatic carbocycles. The van der Waals surface area contributed by atoms with E-state index in [1.807, 2.05) is 45.2 Å². The number of nitrogens with one attached hydrogen (secondary N) is 1. The minimum Gasteiger partial charge on any atom is -0.494 e. The molecule has 0 atom stereocenters. The number of aliphatic imine (C=N–C) groups is 1. The van der Waals surface area contributed by atoms with E-state index in [4.69, 9.17) is 15.2 Å². The Bertz CT molecular complexity index is 666. The lowest BCUT2D eigenvalue weighted by Crippen LogP contribution is -2.23. The van der Waals surface area contributed by atoms with E-state index in [-0.39, 0.29) is 0 Å². The van der Waals surface area contributed by atoms with Gasteiger partial charge in [0.15, 0.2) is 5.96 Å². The highest BCUT2D eigenvalue weighted by Gasteiger charge is 2.07. The molecule has 7 nitrogen and oxygen atoms in total. The van der Waals surface area contributed by atoms with Gasteiger partial charge in [-0.05, 0) is 32.0 Å². The molecule has 0 saturated carbocycles. The van der Waals surface area contributed by atoms with Gasteiger partial charge in [-0.3, -0.25) is 4.68 Å². The summed E-state index contributed by atoms with van der Waals surface area (Å²) in [4.78, 5) is 4.33. The molecule has 23 heavy (non-hydrogen) atoms. The average molecular weight is 317 g/mol. The van der Waals surface area contributed by atoms with Gasteiger partial charge in [0, 0.05) is 19.3 Å². The second-order valence-corrected chi connectivity index (χ2v) is 4.80. The van der Waals surface area contributed by atoms with Crippen molar-refractivity contribution in [3.63, 3.8) is 0 Å². The molecule has 0 radical (unpaired) electrons. The van der Waals surface area contributed by atoms with Crippen LogP contribution in [0.5, 0.6) is 11.5 Å². The summed E-state index contributed by atoms with van der Waals surface area (Å²) in [7, 11) is 1.87. The molecule has 1 heterocycles. The van der Waals surface area contributed by atoms with Gasteiger partial charge >= 0.3 is 0 Å². The fourth-order valence-corrected chi connectivity index (χ4v) is 2.04. The van der Waals surface area contributed by atoms with Crippen molar-refractivity contribution in [2.24, 2.45) is 17.8 Å². The van der Waals surface area contributed by atoms with Crippen LogP contribution in [0.2, 0.25) is 0 Å². The third-order valence-electron chi connectivity index (χ3n) is 3.16. The van der Waals surface area contributed by atoms with Crippen LogP contribution in [0.4, 0.5) is 5.69 Å². The molecule has 0 aliphatic heterocycles. The molecule has 0 unspecified atom stereocenters. The molecule has 3 N–H and O–H groups in total. The smallest absolute Gasteiger partial charge is 0.193 e. The zero-order valence-corrected chi connectivity index (χ0v) is 13.7.